The summed E-state index contributed by atoms with van der Waals surface area (Å²) in [6.45, 7) is 4.10. The van der Waals surface area contributed by atoms with E-state index in [1.54, 1.807) is 6.20 Å². The number of pyridine rings is 1. The number of nitrogens with one attached hydrogen (secondary N) is 1. The van der Waals surface area contributed by atoms with Crippen molar-refractivity contribution in [2.45, 2.75) is 25.9 Å². The van der Waals surface area contributed by atoms with Crippen LogP contribution in [0.15, 0.2) is 108 Å². The molecular weight excluding hydrogens is 526 g/mol. The van der Waals surface area contributed by atoms with Gasteiger partial charge in [0.05, 0.1) is 11.7 Å². The molecule has 1 saturated heterocycles. The van der Waals surface area contributed by atoms with Crippen molar-refractivity contribution in [2.75, 3.05) is 4.90 Å². The van der Waals surface area contributed by atoms with Crippen LogP contribution in [0.3, 0.4) is 0 Å². The van der Waals surface area contributed by atoms with Gasteiger partial charge in [-0.25, -0.2) is 0 Å². The molecule has 1 aliphatic rings. The van der Waals surface area contributed by atoms with Crippen LogP contribution in [0.2, 0.25) is 5.02 Å². The zero-order valence-corrected chi connectivity index (χ0v) is 23.0. The third-order valence-electron chi connectivity index (χ3n) is 6.85. The summed E-state index contributed by atoms with van der Waals surface area (Å²) in [5, 5.41) is 4.74. The molecule has 1 aliphatic heterocycles. The molecule has 0 aliphatic carbocycles. The summed E-state index contributed by atoms with van der Waals surface area (Å²) in [6.07, 6.45) is 1.79. The minimum Gasteiger partial charge on any atom is -0.459 e. The number of aromatic nitrogens is 1. The fraction of sp³-hybridized carbons (Fsp3) is 0.125. The van der Waals surface area contributed by atoms with Crippen molar-refractivity contribution in [3.63, 3.8) is 0 Å². The Kier molecular flexibility index (Phi) is 6.81. The predicted octanol–water partition coefficient (Wildman–Crippen LogP) is 8.58. The molecule has 5 aromatic rings. The molecule has 3 heterocycles. The van der Waals surface area contributed by atoms with Crippen LogP contribution in [0, 0.1) is 13.8 Å². The minimum absolute atomic E-state index is 0.207. The first-order valence-electron chi connectivity index (χ1n) is 12.7. The van der Waals surface area contributed by atoms with Crippen LogP contribution in [0.4, 0.5) is 5.69 Å². The number of thiocarbonyl (C=S) groups is 1. The molecule has 194 valence electrons. The van der Waals surface area contributed by atoms with Crippen molar-refractivity contribution in [1.82, 2.24) is 10.3 Å². The van der Waals surface area contributed by atoms with E-state index < -0.39 is 0 Å². The minimum atomic E-state index is -0.260. The lowest BCUT2D eigenvalue weighted by molar-refractivity contribution is 0.439. The van der Waals surface area contributed by atoms with Crippen molar-refractivity contribution in [2.24, 2.45) is 0 Å². The number of hydrogen-bond acceptors (Lipinski definition) is 4. The largest absolute Gasteiger partial charge is 0.459 e. The van der Waals surface area contributed by atoms with Crippen molar-refractivity contribution >= 4 is 34.6 Å². The van der Waals surface area contributed by atoms with Crippen molar-refractivity contribution < 1.29 is 9.15 Å². The molecule has 3 aromatic carbocycles. The van der Waals surface area contributed by atoms with Gasteiger partial charge in [0.2, 0.25) is 0 Å². The van der Waals surface area contributed by atoms with Crippen molar-refractivity contribution in [1.29, 1.82) is 0 Å². The Morgan fingerprint density at radius 2 is 1.64 bits per heavy atom. The first-order valence-corrected chi connectivity index (χ1v) is 13.5. The number of benzene rings is 3. The number of rotatable bonds is 6. The summed E-state index contributed by atoms with van der Waals surface area (Å²) in [4.78, 5) is 6.71. The van der Waals surface area contributed by atoms with E-state index in [1.165, 1.54) is 5.56 Å². The fourth-order valence-electron chi connectivity index (χ4n) is 4.86. The highest BCUT2D eigenvalue weighted by Crippen LogP contribution is 2.43. The van der Waals surface area contributed by atoms with Gasteiger partial charge in [0.15, 0.2) is 5.11 Å². The van der Waals surface area contributed by atoms with Gasteiger partial charge in [-0.3, -0.25) is 4.98 Å². The lowest BCUT2D eigenvalue weighted by atomic mass is 10.0. The summed E-state index contributed by atoms with van der Waals surface area (Å²) in [7, 11) is 0. The Bertz CT molecular complexity index is 1620. The summed E-state index contributed by atoms with van der Waals surface area (Å²) in [5.41, 5.74) is 5.03. The molecule has 2 atom stereocenters. The molecule has 5 nitrogen and oxygen atoms in total. The maximum Gasteiger partial charge on any atom is 0.174 e. The summed E-state index contributed by atoms with van der Waals surface area (Å²) >= 11 is 12.2. The van der Waals surface area contributed by atoms with Gasteiger partial charge in [0, 0.05) is 22.5 Å². The van der Waals surface area contributed by atoms with E-state index in [0.29, 0.717) is 10.1 Å². The molecule has 0 radical (unpaired) electrons. The van der Waals surface area contributed by atoms with Crippen LogP contribution < -0.4 is 15.0 Å². The molecule has 6 rings (SSSR count). The molecule has 1 N–H and O–H groups in total. The second kappa shape index (κ2) is 10.6. The van der Waals surface area contributed by atoms with Crippen LogP contribution in [0.1, 0.15) is 34.7 Å². The van der Waals surface area contributed by atoms with Gasteiger partial charge in [0.25, 0.3) is 0 Å². The van der Waals surface area contributed by atoms with Gasteiger partial charge >= 0.3 is 0 Å². The molecule has 1 fully saturated rings. The van der Waals surface area contributed by atoms with Gasteiger partial charge in [-0.2, -0.15) is 0 Å². The van der Waals surface area contributed by atoms with Crippen molar-refractivity contribution in [3.05, 3.63) is 131 Å². The van der Waals surface area contributed by atoms with Gasteiger partial charge in [-0.1, -0.05) is 41.4 Å². The molecule has 0 saturated carbocycles. The average Bonchev–Trinajstić information content (AvgIpc) is 3.57. The molecule has 0 spiro atoms. The smallest absolute Gasteiger partial charge is 0.174 e. The Balaban J connectivity index is 1.36. The summed E-state index contributed by atoms with van der Waals surface area (Å²) < 4.78 is 12.5. The SMILES string of the molecule is Cc1ccc(Oc2ccc(N3C(=S)N[C@H](c4ccccn4)[C@@H]3c3ccc(-c4cc(Cl)ccc4C)o3)cc2)cc1. The van der Waals surface area contributed by atoms with Gasteiger partial charge < -0.3 is 19.4 Å². The second-order valence-electron chi connectivity index (χ2n) is 9.57. The summed E-state index contributed by atoms with van der Waals surface area (Å²) in [5.74, 6) is 3.06. The van der Waals surface area contributed by atoms with Crippen LogP contribution in [-0.2, 0) is 0 Å². The van der Waals surface area contributed by atoms with E-state index in [0.717, 1.165) is 45.5 Å². The van der Waals surface area contributed by atoms with E-state index in [1.807, 2.05) is 104 Å². The predicted molar refractivity (Wildman–Crippen MR) is 160 cm³/mol. The molecule has 0 unspecified atom stereocenters. The quantitative estimate of drug-likeness (QED) is 0.213. The van der Waals surface area contributed by atoms with E-state index in [4.69, 9.17) is 33.0 Å². The Morgan fingerprint density at radius 3 is 2.36 bits per heavy atom. The molecular formula is C32H26ClN3O2S. The normalized spacial score (nSPS) is 16.8. The van der Waals surface area contributed by atoms with E-state index >= 15 is 0 Å². The van der Waals surface area contributed by atoms with Gasteiger partial charge in [-0.05, 0) is 104 Å². The van der Waals surface area contributed by atoms with E-state index in [-0.39, 0.29) is 12.1 Å². The van der Waals surface area contributed by atoms with Gasteiger partial charge in [0.1, 0.15) is 29.1 Å². The lowest BCUT2D eigenvalue weighted by Crippen LogP contribution is -2.29. The van der Waals surface area contributed by atoms with E-state index in [9.17, 15) is 0 Å². The zero-order chi connectivity index (χ0) is 26.9. The number of aryl methyl sites for hydroxylation is 2. The fourth-order valence-corrected chi connectivity index (χ4v) is 5.37. The number of furan rings is 1. The number of halogens is 1. The highest BCUT2D eigenvalue weighted by atomic mass is 35.5. The first kappa shape index (κ1) is 25.2. The number of anilines is 1. The van der Waals surface area contributed by atoms with Gasteiger partial charge in [-0.15, -0.1) is 0 Å². The van der Waals surface area contributed by atoms with E-state index in [2.05, 4.69) is 22.1 Å². The number of nitrogens with zero attached hydrogens (tertiary/aromatic N) is 2. The highest BCUT2D eigenvalue weighted by Gasteiger charge is 2.42. The van der Waals surface area contributed by atoms with Crippen LogP contribution in [0.25, 0.3) is 11.3 Å². The maximum atomic E-state index is 6.50. The Morgan fingerprint density at radius 1 is 0.897 bits per heavy atom. The molecule has 39 heavy (non-hydrogen) atoms. The molecule has 0 bridgehead atoms. The van der Waals surface area contributed by atoms with Crippen molar-refractivity contribution in [3.8, 4) is 22.8 Å². The molecule has 2 aromatic heterocycles. The van der Waals surface area contributed by atoms with Crippen LogP contribution in [0.5, 0.6) is 11.5 Å². The highest BCUT2D eigenvalue weighted by molar-refractivity contribution is 7.80. The second-order valence-corrected chi connectivity index (χ2v) is 10.4. The number of ether oxygens (including phenoxy) is 1. The lowest BCUT2D eigenvalue weighted by Gasteiger charge is -2.26. The van der Waals surface area contributed by atoms with Crippen LogP contribution in [-0.4, -0.2) is 10.1 Å². The first-order chi connectivity index (χ1) is 19.0. The maximum absolute atomic E-state index is 6.50. The topological polar surface area (TPSA) is 50.5 Å². The summed E-state index contributed by atoms with van der Waals surface area (Å²) in [6, 6.07) is 31.1. The Hall–Kier alpha value is -4.13. The molecule has 7 heteroatoms. The molecule has 0 amide bonds. The average molecular weight is 552 g/mol. The Labute approximate surface area is 238 Å². The monoisotopic (exact) mass is 551 g/mol. The third-order valence-corrected chi connectivity index (χ3v) is 7.40. The van der Waals surface area contributed by atoms with Crippen LogP contribution >= 0.6 is 23.8 Å². The third kappa shape index (κ3) is 5.13. The zero-order valence-electron chi connectivity index (χ0n) is 21.5. The standard InChI is InChI=1S/C32H26ClN3O2S/c1-20-6-12-24(13-7-20)37-25-14-10-23(11-15-25)36-31(30(35-32(36)39)27-5-3-4-18-34-27)29-17-16-28(38-29)26-19-22(33)9-8-21(26)2/h3-19,30-31H,1-2H3,(H,35,39)/t30-,31+/m1/s1. The number of hydrogen-bond donors (Lipinski definition) is 1.